The third kappa shape index (κ3) is 3.34. The minimum Gasteiger partial charge on any atom is -0.260 e. The zero-order valence-corrected chi connectivity index (χ0v) is 9.23. The highest BCUT2D eigenvalue weighted by atomic mass is 79.9. The standard InChI is InChI=1S/C8H9Br2N/c9-5-1-2-8-4-3-7(10)6-11-8/h3-4,6H,1-2,5H2. The van der Waals surface area contributed by atoms with Crippen LogP contribution < -0.4 is 0 Å². The van der Waals surface area contributed by atoms with E-state index in [1.807, 2.05) is 18.3 Å². The number of pyridine rings is 1. The van der Waals surface area contributed by atoms with Gasteiger partial charge in [0.05, 0.1) is 0 Å². The number of nitrogens with zero attached hydrogens (tertiary/aromatic N) is 1. The zero-order valence-electron chi connectivity index (χ0n) is 6.06. The van der Waals surface area contributed by atoms with E-state index in [2.05, 4.69) is 36.8 Å². The Bertz CT molecular complexity index is 208. The molecule has 0 fully saturated rings. The first-order valence-corrected chi connectivity index (χ1v) is 5.41. The largest absolute Gasteiger partial charge is 0.260 e. The number of halogens is 2. The van der Waals surface area contributed by atoms with E-state index in [1.165, 1.54) is 0 Å². The lowest BCUT2D eigenvalue weighted by Gasteiger charge is -1.96. The van der Waals surface area contributed by atoms with Crippen molar-refractivity contribution < 1.29 is 0 Å². The van der Waals surface area contributed by atoms with Crippen molar-refractivity contribution >= 4 is 31.9 Å². The van der Waals surface area contributed by atoms with Gasteiger partial charge in [-0.1, -0.05) is 15.9 Å². The van der Waals surface area contributed by atoms with Gasteiger partial charge >= 0.3 is 0 Å². The maximum Gasteiger partial charge on any atom is 0.0413 e. The minimum absolute atomic E-state index is 1.04. The molecule has 0 N–H and O–H groups in total. The van der Waals surface area contributed by atoms with Gasteiger partial charge in [-0.15, -0.1) is 0 Å². The highest BCUT2D eigenvalue weighted by Crippen LogP contribution is 2.08. The van der Waals surface area contributed by atoms with Gasteiger partial charge in [0.15, 0.2) is 0 Å². The molecule has 0 radical (unpaired) electrons. The number of aromatic nitrogens is 1. The minimum atomic E-state index is 1.04. The fourth-order valence-corrected chi connectivity index (χ4v) is 1.32. The van der Waals surface area contributed by atoms with Crippen molar-refractivity contribution in [3.05, 3.63) is 28.5 Å². The Labute approximate surface area is 83.5 Å². The lowest BCUT2D eigenvalue weighted by molar-refractivity contribution is 0.895. The topological polar surface area (TPSA) is 12.9 Å². The average Bonchev–Trinajstić information content (AvgIpc) is 2.04. The van der Waals surface area contributed by atoms with Crippen molar-refractivity contribution in [1.29, 1.82) is 0 Å². The first-order valence-electron chi connectivity index (χ1n) is 3.49. The molecule has 1 aromatic rings. The highest BCUT2D eigenvalue weighted by molar-refractivity contribution is 9.10. The summed E-state index contributed by atoms with van der Waals surface area (Å²) in [5.41, 5.74) is 1.16. The first kappa shape index (κ1) is 9.20. The van der Waals surface area contributed by atoms with E-state index in [0.717, 1.165) is 28.3 Å². The summed E-state index contributed by atoms with van der Waals surface area (Å²) in [4.78, 5) is 4.25. The molecule has 1 nitrogen and oxygen atoms in total. The number of rotatable bonds is 3. The third-order valence-corrected chi connectivity index (χ3v) is 2.39. The Morgan fingerprint density at radius 3 is 2.73 bits per heavy atom. The Morgan fingerprint density at radius 2 is 2.18 bits per heavy atom. The van der Waals surface area contributed by atoms with Crippen LogP contribution in [0.1, 0.15) is 12.1 Å². The van der Waals surface area contributed by atoms with E-state index >= 15 is 0 Å². The summed E-state index contributed by atoms with van der Waals surface area (Å²) < 4.78 is 1.04. The van der Waals surface area contributed by atoms with Gasteiger partial charge in [-0.2, -0.15) is 0 Å². The molecule has 0 atom stereocenters. The maximum atomic E-state index is 4.25. The van der Waals surface area contributed by atoms with Crippen molar-refractivity contribution in [2.75, 3.05) is 5.33 Å². The second-order valence-corrected chi connectivity index (χ2v) is 3.97. The van der Waals surface area contributed by atoms with Crippen molar-refractivity contribution in [2.45, 2.75) is 12.8 Å². The van der Waals surface area contributed by atoms with Crippen LogP contribution in [-0.2, 0) is 6.42 Å². The molecule has 3 heteroatoms. The number of hydrogen-bond donors (Lipinski definition) is 0. The lowest BCUT2D eigenvalue weighted by atomic mass is 10.2. The molecule has 11 heavy (non-hydrogen) atoms. The smallest absolute Gasteiger partial charge is 0.0413 e. The van der Waals surface area contributed by atoms with E-state index in [9.17, 15) is 0 Å². The zero-order chi connectivity index (χ0) is 8.10. The summed E-state index contributed by atoms with van der Waals surface area (Å²) in [6.07, 6.45) is 4.04. The molecule has 0 saturated carbocycles. The van der Waals surface area contributed by atoms with E-state index in [-0.39, 0.29) is 0 Å². The third-order valence-electron chi connectivity index (χ3n) is 1.36. The van der Waals surface area contributed by atoms with Crippen LogP contribution in [0.3, 0.4) is 0 Å². The summed E-state index contributed by atoms with van der Waals surface area (Å²) in [6, 6.07) is 4.07. The van der Waals surface area contributed by atoms with E-state index < -0.39 is 0 Å². The summed E-state index contributed by atoms with van der Waals surface area (Å²) in [6.45, 7) is 0. The Morgan fingerprint density at radius 1 is 1.36 bits per heavy atom. The summed E-state index contributed by atoms with van der Waals surface area (Å²) in [5, 5.41) is 1.05. The molecular formula is C8H9Br2N. The summed E-state index contributed by atoms with van der Waals surface area (Å²) in [5.74, 6) is 0. The van der Waals surface area contributed by atoms with Crippen molar-refractivity contribution in [3.8, 4) is 0 Å². The van der Waals surface area contributed by atoms with Crippen LogP contribution in [-0.4, -0.2) is 10.3 Å². The van der Waals surface area contributed by atoms with E-state index in [0.29, 0.717) is 0 Å². The normalized spacial score (nSPS) is 10.0. The van der Waals surface area contributed by atoms with E-state index in [1.54, 1.807) is 0 Å². The second kappa shape index (κ2) is 4.88. The predicted octanol–water partition coefficient (Wildman–Crippen LogP) is 3.17. The fourth-order valence-electron chi connectivity index (χ4n) is 0.802. The molecule has 1 rings (SSSR count). The molecule has 0 aliphatic carbocycles. The molecule has 0 saturated heterocycles. The second-order valence-electron chi connectivity index (χ2n) is 2.26. The Balaban J connectivity index is 2.52. The molecule has 0 amide bonds. The molecule has 0 aromatic carbocycles. The molecule has 0 unspecified atom stereocenters. The van der Waals surface area contributed by atoms with Gasteiger partial charge in [0, 0.05) is 21.7 Å². The molecule has 1 heterocycles. The summed E-state index contributed by atoms with van der Waals surface area (Å²) in [7, 11) is 0. The maximum absolute atomic E-state index is 4.25. The average molecular weight is 279 g/mol. The van der Waals surface area contributed by atoms with Gasteiger partial charge in [0.2, 0.25) is 0 Å². The van der Waals surface area contributed by atoms with Crippen LogP contribution in [0.25, 0.3) is 0 Å². The van der Waals surface area contributed by atoms with Gasteiger partial charge in [-0.3, -0.25) is 4.98 Å². The Kier molecular flexibility index (Phi) is 4.08. The van der Waals surface area contributed by atoms with Crippen molar-refractivity contribution in [3.63, 3.8) is 0 Å². The van der Waals surface area contributed by atoms with Crippen LogP contribution in [0, 0.1) is 0 Å². The van der Waals surface area contributed by atoms with Crippen LogP contribution >= 0.6 is 31.9 Å². The van der Waals surface area contributed by atoms with Gasteiger partial charge in [0.1, 0.15) is 0 Å². The van der Waals surface area contributed by atoms with Crippen LogP contribution in [0.2, 0.25) is 0 Å². The molecule has 1 aromatic heterocycles. The molecule has 0 aliphatic heterocycles. The summed E-state index contributed by atoms with van der Waals surface area (Å²) >= 11 is 6.73. The van der Waals surface area contributed by atoms with Gasteiger partial charge < -0.3 is 0 Å². The monoisotopic (exact) mass is 277 g/mol. The quantitative estimate of drug-likeness (QED) is 0.774. The number of alkyl halides is 1. The van der Waals surface area contributed by atoms with Crippen LogP contribution in [0.5, 0.6) is 0 Å². The highest BCUT2D eigenvalue weighted by Gasteiger charge is 1.92. The number of aryl methyl sites for hydroxylation is 1. The Hall–Kier alpha value is 0.110. The van der Waals surface area contributed by atoms with Gasteiger partial charge in [0.25, 0.3) is 0 Å². The SMILES string of the molecule is BrCCCc1ccc(Br)cn1. The molecule has 0 spiro atoms. The molecule has 60 valence electrons. The first-order chi connectivity index (χ1) is 5.33. The fraction of sp³-hybridized carbons (Fsp3) is 0.375. The van der Waals surface area contributed by atoms with Crippen molar-refractivity contribution in [2.24, 2.45) is 0 Å². The van der Waals surface area contributed by atoms with Gasteiger partial charge in [-0.25, -0.2) is 0 Å². The lowest BCUT2D eigenvalue weighted by Crippen LogP contribution is -1.89. The van der Waals surface area contributed by atoms with E-state index in [4.69, 9.17) is 0 Å². The molecule has 0 bridgehead atoms. The van der Waals surface area contributed by atoms with Gasteiger partial charge in [-0.05, 0) is 40.9 Å². The number of hydrogen-bond acceptors (Lipinski definition) is 1. The van der Waals surface area contributed by atoms with Crippen molar-refractivity contribution in [1.82, 2.24) is 4.98 Å². The van der Waals surface area contributed by atoms with Crippen LogP contribution in [0.15, 0.2) is 22.8 Å². The van der Waals surface area contributed by atoms with Crippen LogP contribution in [0.4, 0.5) is 0 Å². The molecule has 0 aliphatic rings. The molecular weight excluding hydrogens is 270 g/mol. The predicted molar refractivity (Wildman–Crippen MR) is 54.1 cm³/mol.